The molecule has 1 aromatic heterocycles. The molecule has 4 heteroatoms. The number of amides is 1. The van der Waals surface area contributed by atoms with Crippen LogP contribution in [0.15, 0.2) is 48.5 Å². The summed E-state index contributed by atoms with van der Waals surface area (Å²) in [5, 5.41) is 8.19. The first-order chi connectivity index (χ1) is 9.70. The van der Waals surface area contributed by atoms with Crippen LogP contribution in [0.4, 0.5) is 0 Å². The van der Waals surface area contributed by atoms with Crippen molar-refractivity contribution < 1.29 is 4.79 Å². The molecule has 0 atom stereocenters. The Labute approximate surface area is 115 Å². The fourth-order valence-corrected chi connectivity index (χ4v) is 2.37. The fourth-order valence-electron chi connectivity index (χ4n) is 2.37. The molecule has 4 nitrogen and oxygen atoms in total. The van der Waals surface area contributed by atoms with Crippen molar-refractivity contribution in [3.05, 3.63) is 59.8 Å². The van der Waals surface area contributed by atoms with Gasteiger partial charge >= 0.3 is 0 Å². The highest BCUT2D eigenvalue weighted by molar-refractivity contribution is 6.09. The summed E-state index contributed by atoms with van der Waals surface area (Å²) >= 11 is 0. The second-order valence-electron chi connectivity index (χ2n) is 4.55. The number of primary amides is 1. The van der Waals surface area contributed by atoms with Crippen molar-refractivity contribution in [1.82, 2.24) is 4.98 Å². The summed E-state index contributed by atoms with van der Waals surface area (Å²) in [6.07, 6.45) is 1.29. The summed E-state index contributed by atoms with van der Waals surface area (Å²) in [6.45, 7) is 0. The quantitative estimate of drug-likeness (QED) is 0.624. The van der Waals surface area contributed by atoms with Gasteiger partial charge in [0.25, 0.3) is 5.91 Å². The van der Waals surface area contributed by atoms with E-state index in [-0.39, 0.29) is 0 Å². The number of benzene rings is 2. The summed E-state index contributed by atoms with van der Waals surface area (Å²) < 4.78 is 0. The van der Waals surface area contributed by atoms with Gasteiger partial charge in [-0.1, -0.05) is 42.5 Å². The Morgan fingerprint density at radius 1 is 1.10 bits per heavy atom. The molecule has 0 aliphatic heterocycles. The number of carbonyl (C=O) groups is 1. The van der Waals surface area contributed by atoms with Crippen molar-refractivity contribution in [2.45, 2.75) is 0 Å². The predicted octanol–water partition coefficient (Wildman–Crippen LogP) is 2.93. The highest BCUT2D eigenvalue weighted by Crippen LogP contribution is 2.32. The molecule has 2 aromatic carbocycles. The Morgan fingerprint density at radius 2 is 1.80 bits per heavy atom. The van der Waals surface area contributed by atoms with Gasteiger partial charge in [-0.05, 0) is 17.2 Å². The number of para-hydroxylation sites is 1. The monoisotopic (exact) mass is 263 g/mol. The Balaban J connectivity index is 2.29. The van der Waals surface area contributed by atoms with E-state index in [0.717, 1.165) is 27.6 Å². The minimum Gasteiger partial charge on any atom is -0.364 e. The molecule has 0 bridgehead atoms. The maximum Gasteiger partial charge on any atom is 0.265 e. The van der Waals surface area contributed by atoms with Crippen molar-refractivity contribution in [2.75, 3.05) is 0 Å². The summed E-state index contributed by atoms with van der Waals surface area (Å²) in [6, 6.07) is 15.2. The van der Waals surface area contributed by atoms with Crippen LogP contribution in [-0.2, 0) is 0 Å². The lowest BCUT2D eigenvalue weighted by atomic mass is 10.0. The molecule has 98 valence electrons. The van der Waals surface area contributed by atoms with Crippen LogP contribution in [0.25, 0.3) is 22.0 Å². The van der Waals surface area contributed by atoms with Gasteiger partial charge in [0, 0.05) is 22.7 Å². The minimum absolute atomic E-state index is 0.411. The second-order valence-corrected chi connectivity index (χ2v) is 4.55. The van der Waals surface area contributed by atoms with E-state index in [4.69, 9.17) is 11.1 Å². The summed E-state index contributed by atoms with van der Waals surface area (Å²) in [4.78, 5) is 14.7. The van der Waals surface area contributed by atoms with E-state index in [9.17, 15) is 4.79 Å². The third-order valence-corrected chi connectivity index (χ3v) is 3.32. The molecule has 0 radical (unpaired) electrons. The number of nitrogens with one attached hydrogen (secondary N) is 2. The topological polar surface area (TPSA) is 82.7 Å². The van der Waals surface area contributed by atoms with Gasteiger partial charge in [-0.15, -0.1) is 0 Å². The van der Waals surface area contributed by atoms with E-state index >= 15 is 0 Å². The average molecular weight is 263 g/mol. The summed E-state index contributed by atoms with van der Waals surface area (Å²) in [5.74, 6) is -0.479. The third-order valence-electron chi connectivity index (χ3n) is 3.32. The van der Waals surface area contributed by atoms with E-state index in [2.05, 4.69) is 4.98 Å². The van der Waals surface area contributed by atoms with E-state index < -0.39 is 5.91 Å². The van der Waals surface area contributed by atoms with Gasteiger partial charge in [0.1, 0.15) is 5.69 Å². The van der Waals surface area contributed by atoms with Crippen LogP contribution < -0.4 is 5.73 Å². The maximum absolute atomic E-state index is 11.6. The Hall–Kier alpha value is -2.88. The van der Waals surface area contributed by atoms with Gasteiger partial charge < -0.3 is 16.1 Å². The first kappa shape index (κ1) is 12.2. The van der Waals surface area contributed by atoms with Crippen molar-refractivity contribution in [2.24, 2.45) is 5.73 Å². The molecule has 0 aliphatic carbocycles. The Kier molecular flexibility index (Phi) is 2.84. The van der Waals surface area contributed by atoms with Crippen molar-refractivity contribution >= 4 is 23.0 Å². The number of hydrogen-bond acceptors (Lipinski definition) is 2. The molecule has 3 aromatic rings. The van der Waals surface area contributed by atoms with Crippen LogP contribution in [-0.4, -0.2) is 17.1 Å². The normalized spacial score (nSPS) is 10.6. The minimum atomic E-state index is -0.479. The zero-order chi connectivity index (χ0) is 14.1. The van der Waals surface area contributed by atoms with E-state index in [0.29, 0.717) is 5.69 Å². The Bertz CT molecular complexity index is 800. The number of H-pyrrole nitrogens is 1. The van der Waals surface area contributed by atoms with Gasteiger partial charge in [0.2, 0.25) is 0 Å². The molecule has 0 saturated carbocycles. The number of rotatable bonds is 3. The molecule has 1 amide bonds. The maximum atomic E-state index is 11.6. The van der Waals surface area contributed by atoms with E-state index in [1.807, 2.05) is 48.5 Å². The third kappa shape index (κ3) is 1.87. The van der Waals surface area contributed by atoms with Crippen LogP contribution >= 0.6 is 0 Å². The molecule has 0 saturated heterocycles. The highest BCUT2D eigenvalue weighted by atomic mass is 16.1. The summed E-state index contributed by atoms with van der Waals surface area (Å²) in [7, 11) is 0. The van der Waals surface area contributed by atoms with Crippen LogP contribution in [0.5, 0.6) is 0 Å². The molecule has 4 N–H and O–H groups in total. The molecule has 0 unspecified atom stereocenters. The highest BCUT2D eigenvalue weighted by Gasteiger charge is 2.16. The predicted molar refractivity (Wildman–Crippen MR) is 80.1 cm³/mol. The van der Waals surface area contributed by atoms with Gasteiger partial charge in [-0.3, -0.25) is 4.79 Å². The number of carbonyl (C=O) groups excluding carboxylic acids is 1. The standard InChI is InChI=1S/C16H13N3O/c17-9-10-5-7-11(8-6-10)14-12-3-1-2-4-13(12)19-15(14)16(18)20/h1-9,17,19H,(H2,18,20). The number of nitrogens with two attached hydrogens (primary N) is 1. The summed E-state index contributed by atoms with van der Waals surface area (Å²) in [5.41, 5.74) is 9.29. The lowest BCUT2D eigenvalue weighted by molar-refractivity contribution is 0.0997. The van der Waals surface area contributed by atoms with Gasteiger partial charge in [0.15, 0.2) is 0 Å². The molecular weight excluding hydrogens is 250 g/mol. The lowest BCUT2D eigenvalue weighted by Crippen LogP contribution is -2.12. The number of aromatic amines is 1. The molecular formula is C16H13N3O. The Morgan fingerprint density at radius 3 is 2.45 bits per heavy atom. The molecule has 0 spiro atoms. The zero-order valence-electron chi connectivity index (χ0n) is 10.7. The van der Waals surface area contributed by atoms with Crippen molar-refractivity contribution in [1.29, 1.82) is 5.41 Å². The molecule has 0 fully saturated rings. The van der Waals surface area contributed by atoms with Gasteiger partial charge in [-0.25, -0.2) is 0 Å². The second kappa shape index (κ2) is 4.66. The van der Waals surface area contributed by atoms with Crippen molar-refractivity contribution in [3.63, 3.8) is 0 Å². The first-order valence-corrected chi connectivity index (χ1v) is 6.22. The lowest BCUT2D eigenvalue weighted by Gasteiger charge is -2.03. The fraction of sp³-hybridized carbons (Fsp3) is 0. The van der Waals surface area contributed by atoms with Crippen LogP contribution in [0.3, 0.4) is 0 Å². The molecule has 3 rings (SSSR count). The van der Waals surface area contributed by atoms with Crippen LogP contribution in [0.1, 0.15) is 16.1 Å². The molecule has 0 aliphatic rings. The smallest absolute Gasteiger partial charge is 0.265 e. The van der Waals surface area contributed by atoms with Crippen molar-refractivity contribution in [3.8, 4) is 11.1 Å². The molecule has 1 heterocycles. The number of hydrogen-bond donors (Lipinski definition) is 3. The van der Waals surface area contributed by atoms with Gasteiger partial charge in [0.05, 0.1) is 0 Å². The largest absolute Gasteiger partial charge is 0.364 e. The molecule has 20 heavy (non-hydrogen) atoms. The average Bonchev–Trinajstić information content (AvgIpc) is 2.87. The van der Waals surface area contributed by atoms with E-state index in [1.165, 1.54) is 6.21 Å². The van der Waals surface area contributed by atoms with E-state index in [1.54, 1.807) is 0 Å². The van der Waals surface area contributed by atoms with Crippen LogP contribution in [0.2, 0.25) is 0 Å². The SMILES string of the molecule is N=Cc1ccc(-c2c(C(N)=O)[nH]c3ccccc23)cc1. The van der Waals surface area contributed by atoms with Crippen LogP contribution in [0, 0.1) is 5.41 Å². The first-order valence-electron chi connectivity index (χ1n) is 6.22. The zero-order valence-corrected chi connectivity index (χ0v) is 10.7. The van der Waals surface area contributed by atoms with Gasteiger partial charge in [-0.2, -0.15) is 0 Å². The number of fused-ring (bicyclic) bond motifs is 1. The number of aromatic nitrogens is 1.